The van der Waals surface area contributed by atoms with Crippen molar-refractivity contribution in [1.29, 1.82) is 0 Å². The van der Waals surface area contributed by atoms with Gasteiger partial charge in [-0.2, -0.15) is 0 Å². The van der Waals surface area contributed by atoms with Gasteiger partial charge >= 0.3 is 0 Å². The molecule has 1 unspecified atom stereocenters. The highest BCUT2D eigenvalue weighted by Crippen LogP contribution is 2.16. The first-order valence-corrected chi connectivity index (χ1v) is 4.67. The Morgan fingerprint density at radius 2 is 1.93 bits per heavy atom. The topological polar surface area (TPSA) is 47.3 Å². The molecule has 84 valence electrons. The van der Waals surface area contributed by atoms with Crippen molar-refractivity contribution in [2.45, 2.75) is 13.0 Å². The predicted molar refractivity (Wildman–Crippen MR) is 52.9 cm³/mol. The van der Waals surface area contributed by atoms with E-state index >= 15 is 0 Å². The summed E-state index contributed by atoms with van der Waals surface area (Å²) in [4.78, 5) is 0. The van der Waals surface area contributed by atoms with E-state index < -0.39 is 17.7 Å². The van der Waals surface area contributed by atoms with Crippen LogP contribution in [0.1, 0.15) is 18.5 Å². The monoisotopic (exact) mass is 216 g/mol. The lowest BCUT2D eigenvalue weighted by atomic mass is 10.1. The Labute approximate surface area is 87.2 Å². The van der Waals surface area contributed by atoms with Gasteiger partial charge in [0, 0.05) is 12.7 Å². The minimum absolute atomic E-state index is 0.274. The van der Waals surface area contributed by atoms with Crippen molar-refractivity contribution >= 4 is 0 Å². The smallest absolute Gasteiger partial charge is 0.126 e. The Morgan fingerprint density at radius 3 is 2.40 bits per heavy atom. The maximum Gasteiger partial charge on any atom is 0.126 e. The Kier molecular flexibility index (Phi) is 4.61. The standard InChI is InChI=1S/C10H14F2N2O/c1-2-15-6-10(14-13)7-3-8(11)5-9(12)4-7/h3-5,10,14H,2,6,13H2,1H3. The molecule has 0 radical (unpaired) electrons. The van der Waals surface area contributed by atoms with Gasteiger partial charge in [0.05, 0.1) is 12.6 Å². The van der Waals surface area contributed by atoms with Gasteiger partial charge in [-0.05, 0) is 24.6 Å². The van der Waals surface area contributed by atoms with Crippen molar-refractivity contribution in [2.24, 2.45) is 5.84 Å². The second-order valence-corrected chi connectivity index (χ2v) is 3.08. The van der Waals surface area contributed by atoms with E-state index in [1.165, 1.54) is 12.1 Å². The summed E-state index contributed by atoms with van der Waals surface area (Å²) in [5, 5.41) is 0. The van der Waals surface area contributed by atoms with Gasteiger partial charge in [-0.15, -0.1) is 0 Å². The Bertz CT molecular complexity index is 300. The molecule has 1 atom stereocenters. The van der Waals surface area contributed by atoms with E-state index in [1.807, 2.05) is 6.92 Å². The third kappa shape index (κ3) is 3.54. The van der Waals surface area contributed by atoms with Crippen LogP contribution in [0.15, 0.2) is 18.2 Å². The number of nitrogens with one attached hydrogen (secondary N) is 1. The molecule has 1 aromatic rings. The molecule has 0 saturated heterocycles. The van der Waals surface area contributed by atoms with Crippen LogP contribution < -0.4 is 11.3 Å². The van der Waals surface area contributed by atoms with Gasteiger partial charge in [0.1, 0.15) is 11.6 Å². The van der Waals surface area contributed by atoms with Crippen molar-refractivity contribution < 1.29 is 13.5 Å². The highest BCUT2D eigenvalue weighted by molar-refractivity contribution is 5.21. The predicted octanol–water partition coefficient (Wildman–Crippen LogP) is 1.51. The van der Waals surface area contributed by atoms with Crippen molar-refractivity contribution in [2.75, 3.05) is 13.2 Å². The number of hydrogen-bond acceptors (Lipinski definition) is 3. The fourth-order valence-corrected chi connectivity index (χ4v) is 1.25. The highest BCUT2D eigenvalue weighted by Gasteiger charge is 2.11. The van der Waals surface area contributed by atoms with E-state index in [9.17, 15) is 8.78 Å². The Balaban J connectivity index is 2.81. The zero-order chi connectivity index (χ0) is 11.3. The van der Waals surface area contributed by atoms with E-state index in [0.29, 0.717) is 12.2 Å². The minimum Gasteiger partial charge on any atom is -0.380 e. The van der Waals surface area contributed by atoms with Crippen LogP contribution in [0.4, 0.5) is 8.78 Å². The number of nitrogens with two attached hydrogens (primary N) is 1. The lowest BCUT2D eigenvalue weighted by molar-refractivity contribution is 0.123. The first-order chi connectivity index (χ1) is 7.17. The average Bonchev–Trinajstić information content (AvgIpc) is 2.17. The van der Waals surface area contributed by atoms with E-state index in [4.69, 9.17) is 10.6 Å². The lowest BCUT2D eigenvalue weighted by Crippen LogP contribution is -2.31. The molecule has 0 aliphatic carbocycles. The van der Waals surface area contributed by atoms with Gasteiger partial charge in [0.25, 0.3) is 0 Å². The minimum atomic E-state index is -0.623. The summed E-state index contributed by atoms with van der Waals surface area (Å²) in [6, 6.07) is 2.87. The fourth-order valence-electron chi connectivity index (χ4n) is 1.25. The average molecular weight is 216 g/mol. The maximum atomic E-state index is 12.9. The molecule has 0 spiro atoms. The lowest BCUT2D eigenvalue weighted by Gasteiger charge is -2.16. The fraction of sp³-hybridized carbons (Fsp3) is 0.400. The summed E-state index contributed by atoms with van der Waals surface area (Å²) in [6.07, 6.45) is 0. The number of hydrogen-bond donors (Lipinski definition) is 2. The van der Waals surface area contributed by atoms with Crippen molar-refractivity contribution in [1.82, 2.24) is 5.43 Å². The molecule has 0 fully saturated rings. The highest BCUT2D eigenvalue weighted by atomic mass is 19.1. The zero-order valence-corrected chi connectivity index (χ0v) is 8.47. The molecule has 1 rings (SSSR count). The molecule has 0 amide bonds. The maximum absolute atomic E-state index is 12.9. The Morgan fingerprint density at radius 1 is 1.33 bits per heavy atom. The molecule has 0 heterocycles. The molecule has 0 aliphatic rings. The van der Waals surface area contributed by atoms with E-state index in [0.717, 1.165) is 6.07 Å². The van der Waals surface area contributed by atoms with E-state index in [1.54, 1.807) is 0 Å². The molecule has 0 saturated carbocycles. The summed E-state index contributed by atoms with van der Waals surface area (Å²) in [5.41, 5.74) is 2.88. The molecule has 0 aromatic heterocycles. The molecular weight excluding hydrogens is 202 g/mol. The summed E-state index contributed by atoms with van der Waals surface area (Å²) < 4.78 is 30.9. The van der Waals surface area contributed by atoms with Crippen molar-refractivity contribution in [3.63, 3.8) is 0 Å². The second kappa shape index (κ2) is 5.75. The van der Waals surface area contributed by atoms with Crippen molar-refractivity contribution in [3.05, 3.63) is 35.4 Å². The van der Waals surface area contributed by atoms with Crippen LogP contribution in [0, 0.1) is 11.6 Å². The second-order valence-electron chi connectivity index (χ2n) is 3.08. The van der Waals surface area contributed by atoms with Crippen LogP contribution in [0.25, 0.3) is 0 Å². The summed E-state index contributed by atoms with van der Waals surface area (Å²) in [7, 11) is 0. The van der Waals surface area contributed by atoms with Gasteiger partial charge in [-0.3, -0.25) is 11.3 Å². The summed E-state index contributed by atoms with van der Waals surface area (Å²) >= 11 is 0. The van der Waals surface area contributed by atoms with Crippen LogP contribution in [0.5, 0.6) is 0 Å². The summed E-state index contributed by atoms with van der Waals surface area (Å²) in [5.74, 6) is 4.02. The van der Waals surface area contributed by atoms with Gasteiger partial charge in [-0.1, -0.05) is 0 Å². The van der Waals surface area contributed by atoms with E-state index in [-0.39, 0.29) is 6.61 Å². The number of hydrazine groups is 1. The van der Waals surface area contributed by atoms with Crippen LogP contribution in [0.2, 0.25) is 0 Å². The van der Waals surface area contributed by atoms with Crippen molar-refractivity contribution in [3.8, 4) is 0 Å². The largest absolute Gasteiger partial charge is 0.380 e. The Hall–Kier alpha value is -1.04. The summed E-state index contributed by atoms with van der Waals surface area (Å²) in [6.45, 7) is 2.63. The quantitative estimate of drug-likeness (QED) is 0.579. The first kappa shape index (κ1) is 12.0. The SMILES string of the molecule is CCOCC(NN)c1cc(F)cc(F)c1. The molecular formula is C10H14F2N2O. The van der Waals surface area contributed by atoms with E-state index in [2.05, 4.69) is 5.43 Å². The number of halogens is 2. The third-order valence-electron chi connectivity index (χ3n) is 1.98. The van der Waals surface area contributed by atoms with Gasteiger partial charge in [0.15, 0.2) is 0 Å². The van der Waals surface area contributed by atoms with Crippen LogP contribution >= 0.6 is 0 Å². The van der Waals surface area contributed by atoms with Crippen LogP contribution in [-0.2, 0) is 4.74 Å². The molecule has 3 nitrogen and oxygen atoms in total. The molecule has 0 bridgehead atoms. The van der Waals surface area contributed by atoms with Gasteiger partial charge in [0.2, 0.25) is 0 Å². The molecule has 1 aromatic carbocycles. The third-order valence-corrected chi connectivity index (χ3v) is 1.98. The number of benzene rings is 1. The van der Waals surface area contributed by atoms with Crippen LogP contribution in [-0.4, -0.2) is 13.2 Å². The molecule has 15 heavy (non-hydrogen) atoms. The normalized spacial score (nSPS) is 12.8. The van der Waals surface area contributed by atoms with Crippen LogP contribution in [0.3, 0.4) is 0 Å². The number of ether oxygens (including phenoxy) is 1. The van der Waals surface area contributed by atoms with Gasteiger partial charge in [-0.25, -0.2) is 8.78 Å². The first-order valence-electron chi connectivity index (χ1n) is 4.67. The van der Waals surface area contributed by atoms with Gasteiger partial charge < -0.3 is 4.74 Å². The molecule has 0 aliphatic heterocycles. The number of rotatable bonds is 5. The molecule has 5 heteroatoms. The molecule has 3 N–H and O–H groups in total. The zero-order valence-electron chi connectivity index (χ0n) is 8.47.